The molecule has 148 valence electrons. The van der Waals surface area contributed by atoms with E-state index in [1.54, 1.807) is 0 Å². The second-order valence-electron chi connectivity index (χ2n) is 8.71. The maximum atomic E-state index is 12.7. The zero-order valence-electron chi connectivity index (χ0n) is 16.9. The molecule has 0 spiro atoms. The molecule has 4 rings (SSSR count). The fraction of sp³-hybridized carbons (Fsp3) is 0.458. The lowest BCUT2D eigenvalue weighted by molar-refractivity contribution is 0.0285. The highest BCUT2D eigenvalue weighted by molar-refractivity contribution is 5.94. The average Bonchev–Trinajstić information content (AvgIpc) is 2.68. The number of likely N-dealkylation sites (tertiary alicyclic amines) is 1. The lowest BCUT2D eigenvalue weighted by atomic mass is 9.66. The number of hydrogen-bond acceptors (Lipinski definition) is 2. The summed E-state index contributed by atoms with van der Waals surface area (Å²) in [7, 11) is 2.23. The molecule has 28 heavy (non-hydrogen) atoms. The fourth-order valence-electron chi connectivity index (χ4n) is 5.35. The predicted molar refractivity (Wildman–Crippen MR) is 115 cm³/mol. The summed E-state index contributed by atoms with van der Waals surface area (Å²) in [6.45, 7) is 5.51. The first-order valence-corrected chi connectivity index (χ1v) is 10.5. The molecule has 1 aliphatic heterocycles. The van der Waals surface area contributed by atoms with E-state index >= 15 is 0 Å². The molecule has 2 aliphatic rings. The summed E-state index contributed by atoms with van der Waals surface area (Å²) in [4.78, 5) is 15.1. The SMILES string of the molecule is C[C@H]1CC2C[C@@H](CN(C)C2)[C@@H]1CNC(=O)Nc1ccccc1-c1ccccc1. The van der Waals surface area contributed by atoms with E-state index < -0.39 is 0 Å². The third kappa shape index (κ3) is 4.22. The highest BCUT2D eigenvalue weighted by Gasteiger charge is 2.39. The Bertz CT molecular complexity index is 803. The van der Waals surface area contributed by atoms with Gasteiger partial charge in [-0.1, -0.05) is 55.5 Å². The fourth-order valence-corrected chi connectivity index (χ4v) is 5.35. The second kappa shape index (κ2) is 8.36. The van der Waals surface area contributed by atoms with Crippen LogP contribution in [0.4, 0.5) is 10.5 Å². The Morgan fingerprint density at radius 3 is 2.61 bits per heavy atom. The van der Waals surface area contributed by atoms with Gasteiger partial charge in [-0.15, -0.1) is 0 Å². The van der Waals surface area contributed by atoms with Crippen molar-refractivity contribution in [1.82, 2.24) is 10.2 Å². The van der Waals surface area contributed by atoms with Gasteiger partial charge in [0.2, 0.25) is 0 Å². The zero-order valence-corrected chi connectivity index (χ0v) is 16.9. The molecule has 4 nitrogen and oxygen atoms in total. The number of fused-ring (bicyclic) bond motifs is 2. The van der Waals surface area contributed by atoms with Crippen LogP contribution in [0.2, 0.25) is 0 Å². The Kier molecular flexibility index (Phi) is 5.67. The van der Waals surface area contributed by atoms with E-state index in [4.69, 9.17) is 0 Å². The molecule has 2 N–H and O–H groups in total. The van der Waals surface area contributed by atoms with E-state index in [9.17, 15) is 4.79 Å². The maximum absolute atomic E-state index is 12.7. The van der Waals surface area contributed by atoms with Gasteiger partial charge in [-0.05, 0) is 55.2 Å². The number of anilines is 1. The van der Waals surface area contributed by atoms with Crippen LogP contribution in [0.5, 0.6) is 0 Å². The van der Waals surface area contributed by atoms with Gasteiger partial charge < -0.3 is 15.5 Å². The summed E-state index contributed by atoms with van der Waals surface area (Å²) >= 11 is 0. The third-order valence-corrected chi connectivity index (χ3v) is 6.55. The van der Waals surface area contributed by atoms with Crippen molar-refractivity contribution in [2.24, 2.45) is 23.7 Å². The van der Waals surface area contributed by atoms with Gasteiger partial charge in [0, 0.05) is 25.2 Å². The minimum Gasteiger partial charge on any atom is -0.338 e. The van der Waals surface area contributed by atoms with Gasteiger partial charge >= 0.3 is 6.03 Å². The van der Waals surface area contributed by atoms with Crippen LogP contribution in [-0.2, 0) is 0 Å². The lowest BCUT2D eigenvalue weighted by Gasteiger charge is -2.47. The Morgan fingerprint density at radius 1 is 1.04 bits per heavy atom. The van der Waals surface area contributed by atoms with Gasteiger partial charge in [0.1, 0.15) is 0 Å². The minimum atomic E-state index is -0.109. The van der Waals surface area contributed by atoms with Gasteiger partial charge in [-0.25, -0.2) is 4.79 Å². The van der Waals surface area contributed by atoms with Crippen LogP contribution in [0.1, 0.15) is 19.8 Å². The molecule has 2 aromatic carbocycles. The van der Waals surface area contributed by atoms with Gasteiger partial charge in [-0.2, -0.15) is 0 Å². The predicted octanol–water partition coefficient (Wildman–Crippen LogP) is 4.70. The summed E-state index contributed by atoms with van der Waals surface area (Å²) in [6, 6.07) is 18.0. The van der Waals surface area contributed by atoms with Gasteiger partial charge in [0.05, 0.1) is 5.69 Å². The third-order valence-electron chi connectivity index (χ3n) is 6.55. The number of amides is 2. The first-order valence-electron chi connectivity index (χ1n) is 10.5. The Morgan fingerprint density at radius 2 is 1.79 bits per heavy atom. The topological polar surface area (TPSA) is 44.4 Å². The molecule has 1 saturated carbocycles. The van der Waals surface area contributed by atoms with E-state index in [1.165, 1.54) is 19.4 Å². The van der Waals surface area contributed by atoms with E-state index in [2.05, 4.69) is 41.6 Å². The quantitative estimate of drug-likeness (QED) is 0.811. The molecule has 1 aliphatic carbocycles. The highest BCUT2D eigenvalue weighted by atomic mass is 16.2. The number of nitrogens with one attached hydrogen (secondary N) is 2. The van der Waals surface area contributed by atoms with Gasteiger partial charge in [0.15, 0.2) is 0 Å². The van der Waals surface area contributed by atoms with Crippen LogP contribution in [-0.4, -0.2) is 37.6 Å². The van der Waals surface area contributed by atoms with Crippen molar-refractivity contribution in [3.8, 4) is 11.1 Å². The number of nitrogens with zero attached hydrogens (tertiary/aromatic N) is 1. The number of rotatable bonds is 4. The van der Waals surface area contributed by atoms with Crippen molar-refractivity contribution in [2.45, 2.75) is 19.8 Å². The van der Waals surface area contributed by atoms with E-state index in [-0.39, 0.29) is 6.03 Å². The summed E-state index contributed by atoms with van der Waals surface area (Å²) in [6.07, 6.45) is 2.60. The molecule has 1 saturated heterocycles. The summed E-state index contributed by atoms with van der Waals surface area (Å²) in [5.74, 6) is 2.77. The molecule has 0 radical (unpaired) electrons. The standard InChI is InChI=1S/C24H31N3O/c1-17-12-18-13-20(16-27(2)15-18)22(17)14-25-24(28)26-23-11-7-6-10-21(23)19-8-4-3-5-9-19/h3-11,17-18,20,22H,12-16H2,1-2H3,(H2,25,26,28)/t17-,18?,20-,22+/m0/s1. The van der Waals surface area contributed by atoms with E-state index in [1.807, 2.05) is 42.5 Å². The van der Waals surface area contributed by atoms with Crippen molar-refractivity contribution in [3.05, 3.63) is 54.6 Å². The molecule has 2 bridgehead atoms. The normalized spacial score (nSPS) is 27.2. The molecule has 4 atom stereocenters. The zero-order chi connectivity index (χ0) is 19.5. The second-order valence-corrected chi connectivity index (χ2v) is 8.71. The van der Waals surface area contributed by atoms with Crippen LogP contribution in [0.15, 0.2) is 54.6 Å². The molecular weight excluding hydrogens is 346 g/mol. The monoisotopic (exact) mass is 377 g/mol. The first-order chi connectivity index (χ1) is 13.6. The molecule has 4 heteroatoms. The van der Waals surface area contributed by atoms with E-state index in [0.717, 1.165) is 35.8 Å². The number of benzene rings is 2. The Hall–Kier alpha value is -2.33. The largest absolute Gasteiger partial charge is 0.338 e. The van der Waals surface area contributed by atoms with Crippen molar-refractivity contribution < 1.29 is 4.79 Å². The summed E-state index contributed by atoms with van der Waals surface area (Å²) < 4.78 is 0. The molecule has 1 heterocycles. The number of para-hydroxylation sites is 1. The van der Waals surface area contributed by atoms with Crippen LogP contribution < -0.4 is 10.6 Å². The minimum absolute atomic E-state index is 0.109. The Balaban J connectivity index is 1.39. The van der Waals surface area contributed by atoms with Crippen molar-refractivity contribution in [3.63, 3.8) is 0 Å². The molecule has 2 amide bonds. The van der Waals surface area contributed by atoms with Gasteiger partial charge in [0.25, 0.3) is 0 Å². The number of hydrogen-bond donors (Lipinski definition) is 2. The van der Waals surface area contributed by atoms with Crippen molar-refractivity contribution in [2.75, 3.05) is 32.0 Å². The molecule has 2 fully saturated rings. The molecule has 2 aromatic rings. The Labute approximate surface area is 168 Å². The smallest absolute Gasteiger partial charge is 0.319 e. The van der Waals surface area contributed by atoms with Crippen LogP contribution >= 0.6 is 0 Å². The number of urea groups is 1. The highest BCUT2D eigenvalue weighted by Crippen LogP contribution is 2.41. The lowest BCUT2D eigenvalue weighted by Crippen LogP contribution is -2.50. The number of carbonyl (C=O) groups excluding carboxylic acids is 1. The molecule has 1 unspecified atom stereocenters. The van der Waals surface area contributed by atoms with Crippen molar-refractivity contribution >= 4 is 11.7 Å². The maximum Gasteiger partial charge on any atom is 0.319 e. The summed E-state index contributed by atoms with van der Waals surface area (Å²) in [5.41, 5.74) is 3.00. The van der Waals surface area contributed by atoms with Crippen LogP contribution in [0.3, 0.4) is 0 Å². The number of carbonyl (C=O) groups is 1. The van der Waals surface area contributed by atoms with Crippen molar-refractivity contribution in [1.29, 1.82) is 0 Å². The first kappa shape index (κ1) is 19.0. The average molecular weight is 378 g/mol. The van der Waals surface area contributed by atoms with Gasteiger partial charge in [-0.3, -0.25) is 0 Å². The van der Waals surface area contributed by atoms with E-state index in [0.29, 0.717) is 17.8 Å². The van der Waals surface area contributed by atoms with Crippen LogP contribution in [0, 0.1) is 23.7 Å². The number of piperidine rings is 1. The molecule has 0 aromatic heterocycles. The summed E-state index contributed by atoms with van der Waals surface area (Å²) in [5, 5.41) is 6.23. The van der Waals surface area contributed by atoms with Crippen LogP contribution in [0.25, 0.3) is 11.1 Å². The molecular formula is C24H31N3O.